The number of hydrogen-bond acceptors (Lipinski definition) is 2. The molecule has 0 saturated heterocycles. The summed E-state index contributed by atoms with van der Waals surface area (Å²) in [5, 5.41) is 0. The average Bonchev–Trinajstić information content (AvgIpc) is 2.43. The third kappa shape index (κ3) is 1.75. The second-order valence-electron chi connectivity index (χ2n) is 2.56. The Morgan fingerprint density at radius 1 is 1.23 bits per heavy atom. The molecule has 0 aromatic heterocycles. The van der Waals surface area contributed by atoms with Gasteiger partial charge in [-0.3, -0.25) is 9.59 Å². The van der Waals surface area contributed by atoms with Gasteiger partial charge in [0.05, 0.1) is 0 Å². The highest BCUT2D eigenvalue weighted by Gasteiger charge is 2.24. The minimum absolute atomic E-state index is 0.281. The lowest BCUT2D eigenvalue weighted by atomic mass is 10.3. The van der Waals surface area contributed by atoms with E-state index < -0.39 is 0 Å². The summed E-state index contributed by atoms with van der Waals surface area (Å²) in [6.45, 7) is 3.62. The van der Waals surface area contributed by atoms with Crippen LogP contribution in [0.5, 0.6) is 0 Å². The summed E-state index contributed by atoms with van der Waals surface area (Å²) >= 11 is 0. The lowest BCUT2D eigenvalue weighted by Crippen LogP contribution is -2.28. The van der Waals surface area contributed by atoms with Gasteiger partial charge in [0.1, 0.15) is 0 Å². The van der Waals surface area contributed by atoms with Crippen molar-refractivity contribution in [2.75, 3.05) is 0 Å². The highest BCUT2D eigenvalue weighted by atomic mass is 16.2. The number of rotatable bonds is 2. The van der Waals surface area contributed by atoms with Crippen molar-refractivity contribution < 1.29 is 9.59 Å². The van der Waals surface area contributed by atoms with Crippen LogP contribution in [-0.4, -0.2) is 16.7 Å². The zero-order chi connectivity index (χ0) is 9.84. The molecule has 0 bridgehead atoms. The number of amides is 2. The number of imide groups is 1. The molecular formula is C10H11NO2. The van der Waals surface area contributed by atoms with E-state index in [1.165, 1.54) is 12.2 Å². The van der Waals surface area contributed by atoms with Gasteiger partial charge in [-0.2, -0.15) is 0 Å². The van der Waals surface area contributed by atoms with Gasteiger partial charge in [0, 0.05) is 17.8 Å². The molecule has 68 valence electrons. The molecule has 13 heavy (non-hydrogen) atoms. The van der Waals surface area contributed by atoms with E-state index in [4.69, 9.17) is 0 Å². The average molecular weight is 177 g/mol. The van der Waals surface area contributed by atoms with Gasteiger partial charge in [0.2, 0.25) is 0 Å². The van der Waals surface area contributed by atoms with E-state index in [9.17, 15) is 9.59 Å². The van der Waals surface area contributed by atoms with Gasteiger partial charge in [-0.05, 0) is 19.9 Å². The van der Waals surface area contributed by atoms with Crippen molar-refractivity contribution in [3.8, 4) is 0 Å². The lowest BCUT2D eigenvalue weighted by molar-refractivity contribution is -0.134. The predicted molar refractivity (Wildman–Crippen MR) is 49.6 cm³/mol. The molecule has 0 N–H and O–H groups in total. The van der Waals surface area contributed by atoms with Crippen LogP contribution in [0.25, 0.3) is 0 Å². The smallest absolute Gasteiger partial charge is 0.258 e. The summed E-state index contributed by atoms with van der Waals surface area (Å²) in [7, 11) is 0. The molecule has 3 heteroatoms. The van der Waals surface area contributed by atoms with Crippen LogP contribution in [-0.2, 0) is 9.59 Å². The predicted octanol–water partition coefficient (Wildman–Crippen LogP) is 1.39. The molecule has 2 amide bonds. The molecule has 0 fully saturated rings. The summed E-state index contributed by atoms with van der Waals surface area (Å²) in [4.78, 5) is 23.5. The number of carbonyl (C=O) groups excluding carboxylic acids is 2. The molecule has 0 spiro atoms. The van der Waals surface area contributed by atoms with Crippen LogP contribution in [0.1, 0.15) is 13.8 Å². The van der Waals surface area contributed by atoms with E-state index in [0.29, 0.717) is 5.70 Å². The Morgan fingerprint density at radius 2 is 1.77 bits per heavy atom. The van der Waals surface area contributed by atoms with Crippen molar-refractivity contribution in [1.29, 1.82) is 0 Å². The molecule has 3 nitrogen and oxygen atoms in total. The zero-order valence-electron chi connectivity index (χ0n) is 7.65. The second kappa shape index (κ2) is 3.85. The molecule has 0 aromatic carbocycles. The SMILES string of the molecule is C/C=C\C(=C/C)N1C(=O)C=CC1=O. The first-order valence-electron chi connectivity index (χ1n) is 4.06. The monoisotopic (exact) mass is 177 g/mol. The van der Waals surface area contributed by atoms with Crippen LogP contribution in [0.4, 0.5) is 0 Å². The van der Waals surface area contributed by atoms with Crippen molar-refractivity contribution in [3.63, 3.8) is 0 Å². The molecule has 0 aromatic rings. The molecule has 1 aliphatic rings. The third-order valence-electron chi connectivity index (χ3n) is 1.70. The van der Waals surface area contributed by atoms with Gasteiger partial charge >= 0.3 is 0 Å². The van der Waals surface area contributed by atoms with Crippen molar-refractivity contribution in [1.82, 2.24) is 4.90 Å². The van der Waals surface area contributed by atoms with Crippen molar-refractivity contribution in [2.24, 2.45) is 0 Å². The fraction of sp³-hybridized carbons (Fsp3) is 0.200. The zero-order valence-corrected chi connectivity index (χ0v) is 7.65. The molecule has 1 aliphatic heterocycles. The first kappa shape index (κ1) is 9.45. The number of allylic oxidation sites excluding steroid dienone is 3. The Kier molecular flexibility index (Phi) is 2.80. The van der Waals surface area contributed by atoms with Gasteiger partial charge < -0.3 is 0 Å². The topological polar surface area (TPSA) is 37.4 Å². The van der Waals surface area contributed by atoms with Crippen LogP contribution in [0.15, 0.2) is 36.1 Å². The molecular weight excluding hydrogens is 166 g/mol. The minimum Gasteiger partial charge on any atom is -0.269 e. The fourth-order valence-electron chi connectivity index (χ4n) is 1.13. The maximum atomic E-state index is 11.2. The van der Waals surface area contributed by atoms with Gasteiger partial charge in [-0.1, -0.05) is 12.2 Å². The quantitative estimate of drug-likeness (QED) is 0.472. The van der Waals surface area contributed by atoms with Gasteiger partial charge in [0.15, 0.2) is 0 Å². The Balaban J connectivity index is 2.94. The molecule has 0 atom stereocenters. The number of nitrogens with zero attached hydrogens (tertiary/aromatic N) is 1. The maximum absolute atomic E-state index is 11.2. The standard InChI is InChI=1S/C10H11NO2/c1-3-5-8(4-2)11-9(12)6-7-10(11)13/h3-7H,1-2H3/b5-3-,8-4+. The van der Waals surface area contributed by atoms with Crippen molar-refractivity contribution in [2.45, 2.75) is 13.8 Å². The fourth-order valence-corrected chi connectivity index (χ4v) is 1.13. The first-order valence-corrected chi connectivity index (χ1v) is 4.06. The molecule has 0 aliphatic carbocycles. The molecule has 1 heterocycles. The highest BCUT2D eigenvalue weighted by Crippen LogP contribution is 2.13. The summed E-state index contributed by atoms with van der Waals surface area (Å²) < 4.78 is 0. The van der Waals surface area contributed by atoms with Crippen molar-refractivity contribution in [3.05, 3.63) is 36.1 Å². The second-order valence-corrected chi connectivity index (χ2v) is 2.56. The van der Waals surface area contributed by atoms with Crippen LogP contribution in [0, 0.1) is 0 Å². The largest absolute Gasteiger partial charge is 0.269 e. The lowest BCUT2D eigenvalue weighted by Gasteiger charge is -2.13. The van der Waals surface area contributed by atoms with E-state index in [1.54, 1.807) is 25.2 Å². The summed E-state index contributed by atoms with van der Waals surface area (Å²) in [6.07, 6.45) is 7.78. The van der Waals surface area contributed by atoms with Crippen LogP contribution in [0.2, 0.25) is 0 Å². The Bertz CT molecular complexity index is 306. The minimum atomic E-state index is -0.281. The van der Waals surface area contributed by atoms with Crippen molar-refractivity contribution >= 4 is 11.8 Å². The van der Waals surface area contributed by atoms with E-state index >= 15 is 0 Å². The van der Waals surface area contributed by atoms with Crippen LogP contribution < -0.4 is 0 Å². The maximum Gasteiger partial charge on any atom is 0.258 e. The van der Waals surface area contributed by atoms with E-state index in [1.807, 2.05) is 6.92 Å². The summed E-state index contributed by atoms with van der Waals surface area (Å²) in [5.41, 5.74) is 0.613. The molecule has 0 saturated carbocycles. The normalized spacial score (nSPS) is 18.0. The van der Waals surface area contributed by atoms with E-state index in [-0.39, 0.29) is 11.8 Å². The summed E-state index contributed by atoms with van der Waals surface area (Å²) in [5.74, 6) is -0.563. The Hall–Kier alpha value is -1.64. The molecule has 0 radical (unpaired) electrons. The van der Waals surface area contributed by atoms with Gasteiger partial charge in [-0.25, -0.2) is 4.90 Å². The third-order valence-corrected chi connectivity index (χ3v) is 1.70. The van der Waals surface area contributed by atoms with Gasteiger partial charge in [0.25, 0.3) is 11.8 Å². The summed E-state index contributed by atoms with van der Waals surface area (Å²) in [6, 6.07) is 0. The van der Waals surface area contributed by atoms with Crippen LogP contribution >= 0.6 is 0 Å². The molecule has 1 rings (SSSR count). The van der Waals surface area contributed by atoms with Gasteiger partial charge in [-0.15, -0.1) is 0 Å². The van der Waals surface area contributed by atoms with E-state index in [0.717, 1.165) is 4.90 Å². The Morgan fingerprint density at radius 3 is 2.15 bits per heavy atom. The Labute approximate surface area is 77.0 Å². The van der Waals surface area contributed by atoms with Crippen LogP contribution in [0.3, 0.4) is 0 Å². The first-order chi connectivity index (χ1) is 6.20. The molecule has 0 unspecified atom stereocenters. The number of carbonyl (C=O) groups is 2. The van der Waals surface area contributed by atoms with E-state index in [2.05, 4.69) is 0 Å². The number of hydrogen-bond donors (Lipinski definition) is 0. The highest BCUT2D eigenvalue weighted by molar-refractivity contribution is 6.14.